The van der Waals surface area contributed by atoms with Crippen LogP contribution in [0, 0.1) is 23.0 Å². The number of benzene rings is 1. The molecule has 0 spiro atoms. The summed E-state index contributed by atoms with van der Waals surface area (Å²) in [5, 5.41) is 9.22. The number of nitriles is 1. The molecule has 0 aliphatic carbocycles. The van der Waals surface area contributed by atoms with Crippen molar-refractivity contribution in [3.8, 4) is 6.07 Å². The molecule has 6 heteroatoms. The molecule has 0 aliphatic heterocycles. The molecule has 1 heterocycles. The molecule has 3 nitrogen and oxygen atoms in total. The van der Waals surface area contributed by atoms with Crippen LogP contribution in [0.1, 0.15) is 4.88 Å². The minimum atomic E-state index is -0.911. The molecule has 0 bridgehead atoms. The highest BCUT2D eigenvalue weighted by Gasteiger charge is 2.11. The fraction of sp³-hybridized carbons (Fsp3) is 0.0909. The molecule has 0 unspecified atom stereocenters. The molecule has 17 heavy (non-hydrogen) atoms. The Labute approximate surface area is 101 Å². The first kappa shape index (κ1) is 11.5. The van der Waals surface area contributed by atoms with E-state index in [1.807, 2.05) is 6.07 Å². The summed E-state index contributed by atoms with van der Waals surface area (Å²) in [6, 6.07) is 5.56. The van der Waals surface area contributed by atoms with Crippen LogP contribution in [0.4, 0.5) is 19.6 Å². The maximum atomic E-state index is 13.1. The zero-order valence-electron chi connectivity index (χ0n) is 8.82. The minimum Gasteiger partial charge on any atom is -0.321 e. The molecular weight excluding hydrogens is 244 g/mol. The molecule has 1 aromatic carbocycles. The van der Waals surface area contributed by atoms with Gasteiger partial charge in [0.1, 0.15) is 10.9 Å². The molecule has 0 saturated heterocycles. The average molecular weight is 251 g/mol. The molecule has 0 amide bonds. The van der Waals surface area contributed by atoms with Gasteiger partial charge < -0.3 is 4.90 Å². The summed E-state index contributed by atoms with van der Waals surface area (Å²) in [4.78, 5) is 6.08. The minimum absolute atomic E-state index is 0.467. The second kappa shape index (κ2) is 4.47. The van der Waals surface area contributed by atoms with Crippen molar-refractivity contribution in [1.82, 2.24) is 4.98 Å². The summed E-state index contributed by atoms with van der Waals surface area (Å²) in [5.74, 6) is -1.80. The summed E-state index contributed by atoms with van der Waals surface area (Å²) < 4.78 is 25.8. The first-order chi connectivity index (χ1) is 8.11. The van der Waals surface area contributed by atoms with Gasteiger partial charge in [-0.25, -0.2) is 13.8 Å². The zero-order chi connectivity index (χ0) is 12.4. The van der Waals surface area contributed by atoms with Crippen molar-refractivity contribution in [2.45, 2.75) is 0 Å². The Kier molecular flexibility index (Phi) is 3.02. The molecule has 0 radical (unpaired) electrons. The lowest BCUT2D eigenvalue weighted by Gasteiger charge is -2.15. The smallest absolute Gasteiger partial charge is 0.190 e. The summed E-state index contributed by atoms with van der Waals surface area (Å²) in [7, 11) is 1.67. The molecule has 0 fully saturated rings. The highest BCUT2D eigenvalue weighted by Crippen LogP contribution is 2.28. The second-order valence-corrected chi connectivity index (χ2v) is 4.29. The average Bonchev–Trinajstić information content (AvgIpc) is 2.80. The summed E-state index contributed by atoms with van der Waals surface area (Å²) >= 11 is 1.18. The predicted molar refractivity (Wildman–Crippen MR) is 61.3 cm³/mol. The predicted octanol–water partition coefficient (Wildman–Crippen LogP) is 3.06. The van der Waals surface area contributed by atoms with Crippen LogP contribution < -0.4 is 4.90 Å². The zero-order valence-corrected chi connectivity index (χ0v) is 9.63. The van der Waals surface area contributed by atoms with Crippen molar-refractivity contribution < 1.29 is 8.78 Å². The van der Waals surface area contributed by atoms with Crippen LogP contribution in [0.3, 0.4) is 0 Å². The van der Waals surface area contributed by atoms with E-state index in [2.05, 4.69) is 4.98 Å². The van der Waals surface area contributed by atoms with Gasteiger partial charge in [-0.3, -0.25) is 0 Å². The lowest BCUT2D eigenvalue weighted by molar-refractivity contribution is 0.509. The van der Waals surface area contributed by atoms with Crippen LogP contribution in [0.15, 0.2) is 24.4 Å². The van der Waals surface area contributed by atoms with Crippen molar-refractivity contribution in [1.29, 1.82) is 5.26 Å². The molecule has 2 rings (SSSR count). The number of aromatic nitrogens is 1. The van der Waals surface area contributed by atoms with Gasteiger partial charge in [0.25, 0.3) is 0 Å². The largest absolute Gasteiger partial charge is 0.321 e. The Bertz CT molecular complexity index is 589. The van der Waals surface area contributed by atoms with Gasteiger partial charge in [0, 0.05) is 18.8 Å². The van der Waals surface area contributed by atoms with Gasteiger partial charge in [0.15, 0.2) is 16.8 Å². The van der Waals surface area contributed by atoms with Crippen LogP contribution in [-0.2, 0) is 0 Å². The van der Waals surface area contributed by atoms with Crippen molar-refractivity contribution in [3.05, 3.63) is 40.9 Å². The second-order valence-electron chi connectivity index (χ2n) is 3.28. The lowest BCUT2D eigenvalue weighted by Crippen LogP contribution is -2.09. The van der Waals surface area contributed by atoms with Gasteiger partial charge in [-0.2, -0.15) is 5.26 Å². The molecule has 1 aromatic heterocycles. The molecule has 0 atom stereocenters. The third-order valence-corrected chi connectivity index (χ3v) is 3.16. The molecule has 86 valence electrons. The maximum absolute atomic E-state index is 13.1. The number of nitrogens with zero attached hydrogens (tertiary/aromatic N) is 3. The van der Waals surface area contributed by atoms with Crippen LogP contribution >= 0.6 is 11.3 Å². The van der Waals surface area contributed by atoms with Crippen molar-refractivity contribution >= 4 is 22.2 Å². The van der Waals surface area contributed by atoms with Gasteiger partial charge in [0.2, 0.25) is 0 Å². The van der Waals surface area contributed by atoms with Gasteiger partial charge >= 0.3 is 0 Å². The van der Waals surface area contributed by atoms with E-state index in [1.54, 1.807) is 11.9 Å². The lowest BCUT2D eigenvalue weighted by atomic mass is 10.3. The fourth-order valence-corrected chi connectivity index (χ4v) is 1.97. The number of thiazole rings is 1. The molecule has 0 aliphatic rings. The standard InChI is InChI=1S/C11H7F2N3S/c1-16(11-15-6-8(5-14)17-11)7-2-3-9(12)10(13)4-7/h2-4,6H,1H3. The third-order valence-electron chi connectivity index (χ3n) is 2.18. The SMILES string of the molecule is CN(c1ccc(F)c(F)c1)c1ncc(C#N)s1. The molecular formula is C11H7F2N3S. The Morgan fingerprint density at radius 3 is 2.71 bits per heavy atom. The molecule has 2 aromatic rings. The molecule has 0 N–H and O–H groups in total. The van der Waals surface area contributed by atoms with E-state index >= 15 is 0 Å². The van der Waals surface area contributed by atoms with Crippen LogP contribution in [-0.4, -0.2) is 12.0 Å². The van der Waals surface area contributed by atoms with Crippen LogP contribution in [0.25, 0.3) is 0 Å². The van der Waals surface area contributed by atoms with Gasteiger partial charge in [-0.15, -0.1) is 0 Å². The van der Waals surface area contributed by atoms with Crippen LogP contribution in [0.2, 0.25) is 0 Å². The van der Waals surface area contributed by atoms with Crippen LogP contribution in [0.5, 0.6) is 0 Å². The van der Waals surface area contributed by atoms with Crippen molar-refractivity contribution in [2.75, 3.05) is 11.9 Å². The van der Waals surface area contributed by atoms with E-state index in [0.29, 0.717) is 15.7 Å². The van der Waals surface area contributed by atoms with E-state index in [4.69, 9.17) is 5.26 Å². The number of hydrogen-bond acceptors (Lipinski definition) is 4. The summed E-state index contributed by atoms with van der Waals surface area (Å²) in [6.45, 7) is 0. The monoisotopic (exact) mass is 251 g/mol. The van der Waals surface area contributed by atoms with E-state index < -0.39 is 11.6 Å². The van der Waals surface area contributed by atoms with E-state index in [0.717, 1.165) is 12.1 Å². The number of anilines is 2. The fourth-order valence-electron chi connectivity index (χ4n) is 1.28. The maximum Gasteiger partial charge on any atom is 0.190 e. The Morgan fingerprint density at radius 2 is 2.12 bits per heavy atom. The number of halogens is 2. The van der Waals surface area contributed by atoms with Gasteiger partial charge in [-0.05, 0) is 12.1 Å². The van der Waals surface area contributed by atoms with E-state index in [1.165, 1.54) is 23.6 Å². The summed E-state index contributed by atoms with van der Waals surface area (Å²) in [6.07, 6.45) is 1.44. The first-order valence-corrected chi connectivity index (χ1v) is 5.48. The Balaban J connectivity index is 2.33. The topological polar surface area (TPSA) is 39.9 Å². The van der Waals surface area contributed by atoms with E-state index in [-0.39, 0.29) is 0 Å². The molecule has 0 saturated carbocycles. The Hall–Kier alpha value is -2.00. The third kappa shape index (κ3) is 2.24. The quantitative estimate of drug-likeness (QED) is 0.823. The highest BCUT2D eigenvalue weighted by atomic mass is 32.1. The van der Waals surface area contributed by atoms with E-state index in [9.17, 15) is 8.78 Å². The number of rotatable bonds is 2. The normalized spacial score (nSPS) is 10.0. The summed E-state index contributed by atoms with van der Waals surface area (Å²) in [5.41, 5.74) is 0.475. The number of hydrogen-bond donors (Lipinski definition) is 0. The van der Waals surface area contributed by atoms with Crippen molar-refractivity contribution in [3.63, 3.8) is 0 Å². The highest BCUT2D eigenvalue weighted by molar-refractivity contribution is 7.16. The van der Waals surface area contributed by atoms with Gasteiger partial charge in [0.05, 0.1) is 6.20 Å². The first-order valence-electron chi connectivity index (χ1n) is 4.66. The Morgan fingerprint density at radius 1 is 1.35 bits per heavy atom. The van der Waals surface area contributed by atoms with Crippen molar-refractivity contribution in [2.24, 2.45) is 0 Å². The van der Waals surface area contributed by atoms with Gasteiger partial charge in [-0.1, -0.05) is 11.3 Å².